The molecule has 2 rings (SSSR count). The minimum atomic E-state index is -3.82. The second-order valence-electron chi connectivity index (χ2n) is 5.55. The maximum absolute atomic E-state index is 12.2. The summed E-state index contributed by atoms with van der Waals surface area (Å²) in [5.41, 5.74) is 2.00. The lowest BCUT2D eigenvalue weighted by atomic mass is 10.1. The summed E-state index contributed by atoms with van der Waals surface area (Å²) in [4.78, 5) is 12.0. The molecule has 2 aromatic rings. The van der Waals surface area contributed by atoms with Crippen LogP contribution in [0.25, 0.3) is 0 Å². The van der Waals surface area contributed by atoms with Crippen molar-refractivity contribution in [2.24, 2.45) is 0 Å². The Hall–Kier alpha value is -1.85. The van der Waals surface area contributed by atoms with Crippen LogP contribution < -0.4 is 4.72 Å². The number of nitrogens with one attached hydrogen (secondary N) is 1. The topological polar surface area (TPSA) is 63.2 Å². The molecule has 0 radical (unpaired) electrons. The lowest BCUT2D eigenvalue weighted by Gasteiger charge is -2.08. The van der Waals surface area contributed by atoms with E-state index in [1.807, 2.05) is 12.1 Å². The van der Waals surface area contributed by atoms with Gasteiger partial charge in [-0.15, -0.1) is 0 Å². The van der Waals surface area contributed by atoms with Gasteiger partial charge in [0, 0.05) is 11.4 Å². The fourth-order valence-electron chi connectivity index (χ4n) is 2.29. The Labute approximate surface area is 147 Å². The molecule has 0 aliphatic heterocycles. The van der Waals surface area contributed by atoms with E-state index in [9.17, 15) is 13.2 Å². The Morgan fingerprint density at radius 1 is 0.958 bits per heavy atom. The second kappa shape index (κ2) is 8.31. The molecule has 0 fully saturated rings. The Kier molecular flexibility index (Phi) is 6.40. The summed E-state index contributed by atoms with van der Waals surface area (Å²) < 4.78 is 26.5. The molecular formula is C18H20ClNO3S. The minimum Gasteiger partial charge on any atom is -0.274 e. The predicted octanol–water partition coefficient (Wildman–Crippen LogP) is 3.73. The van der Waals surface area contributed by atoms with E-state index in [0.29, 0.717) is 11.4 Å². The number of carbonyl (C=O) groups excluding carboxylic acids is 1. The highest BCUT2D eigenvalue weighted by molar-refractivity contribution is 7.90. The first-order chi connectivity index (χ1) is 11.4. The van der Waals surface area contributed by atoms with Gasteiger partial charge in [0.05, 0.1) is 4.90 Å². The zero-order valence-electron chi connectivity index (χ0n) is 13.5. The van der Waals surface area contributed by atoms with Gasteiger partial charge in [-0.05, 0) is 48.2 Å². The molecule has 0 heterocycles. The third-order valence-electron chi connectivity index (χ3n) is 3.57. The Balaban J connectivity index is 1.95. The van der Waals surface area contributed by atoms with Crippen molar-refractivity contribution in [3.63, 3.8) is 0 Å². The molecule has 0 unspecified atom stereocenters. The van der Waals surface area contributed by atoms with Crippen molar-refractivity contribution in [3.8, 4) is 0 Å². The fraction of sp³-hybridized carbons (Fsp3) is 0.278. The number of rotatable bonds is 7. The zero-order chi connectivity index (χ0) is 17.6. The van der Waals surface area contributed by atoms with Crippen molar-refractivity contribution < 1.29 is 13.2 Å². The number of amides is 1. The van der Waals surface area contributed by atoms with Gasteiger partial charge in [-0.2, -0.15) is 0 Å². The first kappa shape index (κ1) is 18.5. The lowest BCUT2D eigenvalue weighted by Crippen LogP contribution is -2.30. The molecule has 0 aliphatic rings. The van der Waals surface area contributed by atoms with Crippen LogP contribution in [0.15, 0.2) is 53.4 Å². The summed E-state index contributed by atoms with van der Waals surface area (Å²) in [6.07, 6.45) is 2.43. The second-order valence-corrected chi connectivity index (χ2v) is 7.67. The van der Waals surface area contributed by atoms with E-state index in [1.54, 1.807) is 24.3 Å². The summed E-state index contributed by atoms with van der Waals surface area (Å²) in [5.74, 6) is -0.525. The van der Waals surface area contributed by atoms with Crippen molar-refractivity contribution in [1.29, 1.82) is 0 Å². The lowest BCUT2D eigenvalue weighted by molar-refractivity contribution is -0.119. The molecule has 0 saturated heterocycles. The van der Waals surface area contributed by atoms with Gasteiger partial charge in [-0.1, -0.05) is 49.2 Å². The molecule has 128 valence electrons. The van der Waals surface area contributed by atoms with E-state index in [4.69, 9.17) is 11.6 Å². The quantitative estimate of drug-likeness (QED) is 0.813. The maximum atomic E-state index is 12.2. The van der Waals surface area contributed by atoms with Crippen LogP contribution in [-0.2, 0) is 27.7 Å². The van der Waals surface area contributed by atoms with Gasteiger partial charge in [0.25, 0.3) is 10.0 Å². The molecular weight excluding hydrogens is 346 g/mol. The smallest absolute Gasteiger partial charge is 0.264 e. The average molecular weight is 366 g/mol. The van der Waals surface area contributed by atoms with Crippen molar-refractivity contribution in [3.05, 3.63) is 64.7 Å². The van der Waals surface area contributed by atoms with Gasteiger partial charge in [-0.25, -0.2) is 13.1 Å². The van der Waals surface area contributed by atoms with Gasteiger partial charge < -0.3 is 0 Å². The predicted molar refractivity (Wildman–Crippen MR) is 95.5 cm³/mol. The molecule has 4 nitrogen and oxygen atoms in total. The Bertz CT molecular complexity index is 784. The highest BCUT2D eigenvalue weighted by Crippen LogP contribution is 2.13. The van der Waals surface area contributed by atoms with Crippen LogP contribution in [0.4, 0.5) is 0 Å². The van der Waals surface area contributed by atoms with Gasteiger partial charge >= 0.3 is 0 Å². The van der Waals surface area contributed by atoms with E-state index in [-0.39, 0.29) is 11.3 Å². The number of sulfonamides is 1. The van der Waals surface area contributed by atoms with Crippen molar-refractivity contribution in [2.45, 2.75) is 37.5 Å². The molecule has 1 amide bonds. The Morgan fingerprint density at radius 2 is 1.50 bits per heavy atom. The summed E-state index contributed by atoms with van der Waals surface area (Å²) in [6, 6.07) is 13.7. The maximum Gasteiger partial charge on any atom is 0.264 e. The summed E-state index contributed by atoms with van der Waals surface area (Å²) in [7, 11) is -3.82. The number of halogens is 1. The molecule has 0 atom stereocenters. The Morgan fingerprint density at radius 3 is 2.08 bits per heavy atom. The first-order valence-corrected chi connectivity index (χ1v) is 9.66. The van der Waals surface area contributed by atoms with E-state index >= 15 is 0 Å². The molecule has 0 saturated carbocycles. The molecule has 0 spiro atoms. The molecule has 1 N–H and O–H groups in total. The van der Waals surface area contributed by atoms with E-state index in [0.717, 1.165) is 24.0 Å². The highest BCUT2D eigenvalue weighted by Gasteiger charge is 2.17. The van der Waals surface area contributed by atoms with Crippen molar-refractivity contribution >= 4 is 27.5 Å². The van der Waals surface area contributed by atoms with Gasteiger partial charge in [0.2, 0.25) is 5.91 Å². The molecule has 0 bridgehead atoms. The van der Waals surface area contributed by atoms with E-state index < -0.39 is 15.9 Å². The van der Waals surface area contributed by atoms with Crippen LogP contribution in [0.1, 0.15) is 30.9 Å². The van der Waals surface area contributed by atoms with Crippen molar-refractivity contribution in [2.75, 3.05) is 0 Å². The van der Waals surface area contributed by atoms with Crippen LogP contribution in [-0.4, -0.2) is 14.3 Å². The highest BCUT2D eigenvalue weighted by atomic mass is 35.5. The van der Waals surface area contributed by atoms with Gasteiger partial charge in [-0.3, -0.25) is 4.79 Å². The van der Waals surface area contributed by atoms with Gasteiger partial charge in [0.1, 0.15) is 0 Å². The minimum absolute atomic E-state index is 0.0920. The number of hydrogen-bond donors (Lipinski definition) is 1. The zero-order valence-corrected chi connectivity index (χ0v) is 15.0. The molecule has 24 heavy (non-hydrogen) atoms. The van der Waals surface area contributed by atoms with Crippen LogP contribution in [0.2, 0.25) is 5.02 Å². The van der Waals surface area contributed by atoms with Crippen LogP contribution in [0, 0.1) is 0 Å². The number of hydrogen-bond acceptors (Lipinski definition) is 3. The first-order valence-electron chi connectivity index (χ1n) is 7.80. The molecule has 6 heteroatoms. The number of carbonyl (C=O) groups is 1. The average Bonchev–Trinajstić information content (AvgIpc) is 2.55. The molecule has 2 aromatic carbocycles. The standard InChI is InChI=1S/C18H20ClNO3S/c1-2-3-14-6-11-17(12-7-14)24(22,23)20-18(21)13-8-15-4-9-16(19)10-5-15/h4-7,9-12H,2-3,8,13H2,1H3,(H,20,21). The van der Waals surface area contributed by atoms with Gasteiger partial charge in [0.15, 0.2) is 0 Å². The SMILES string of the molecule is CCCc1ccc(S(=O)(=O)NC(=O)CCc2ccc(Cl)cc2)cc1. The number of benzene rings is 2. The van der Waals surface area contributed by atoms with Crippen LogP contribution in [0.3, 0.4) is 0 Å². The third-order valence-corrected chi connectivity index (χ3v) is 5.22. The normalized spacial score (nSPS) is 11.2. The summed E-state index contributed by atoms with van der Waals surface area (Å²) >= 11 is 5.80. The summed E-state index contributed by atoms with van der Waals surface area (Å²) in [5, 5.41) is 0.622. The monoisotopic (exact) mass is 365 g/mol. The largest absolute Gasteiger partial charge is 0.274 e. The van der Waals surface area contributed by atoms with E-state index in [1.165, 1.54) is 12.1 Å². The van der Waals surface area contributed by atoms with Crippen molar-refractivity contribution in [1.82, 2.24) is 4.72 Å². The summed E-state index contributed by atoms with van der Waals surface area (Å²) in [6.45, 7) is 2.06. The van der Waals surface area contributed by atoms with E-state index in [2.05, 4.69) is 11.6 Å². The molecule has 0 aromatic heterocycles. The number of aryl methyl sites for hydroxylation is 2. The van der Waals surface area contributed by atoms with Crippen LogP contribution in [0.5, 0.6) is 0 Å². The fourth-order valence-corrected chi connectivity index (χ4v) is 3.43. The molecule has 0 aliphatic carbocycles. The van der Waals surface area contributed by atoms with Crippen LogP contribution >= 0.6 is 11.6 Å². The third kappa shape index (κ3) is 5.35.